The van der Waals surface area contributed by atoms with Gasteiger partial charge in [-0.25, -0.2) is 4.79 Å². The van der Waals surface area contributed by atoms with Gasteiger partial charge < -0.3 is 14.8 Å². The van der Waals surface area contributed by atoms with Gasteiger partial charge in [-0.2, -0.15) is 0 Å². The number of carbonyl (C=O) groups is 1. The summed E-state index contributed by atoms with van der Waals surface area (Å²) in [5.41, 5.74) is 0. The molecule has 0 radical (unpaired) electrons. The Kier molecular flexibility index (Phi) is 6.97. The van der Waals surface area contributed by atoms with Crippen molar-refractivity contribution in [1.29, 1.82) is 0 Å². The highest BCUT2D eigenvalue weighted by molar-refractivity contribution is 5.67. The number of nitrogens with one attached hydrogen (secondary N) is 1. The molecule has 1 amide bonds. The Balaban J connectivity index is 1.97. The number of ether oxygens (including phenoxy) is 2. The van der Waals surface area contributed by atoms with Crippen molar-refractivity contribution in [1.82, 2.24) is 5.32 Å². The van der Waals surface area contributed by atoms with Crippen LogP contribution in [0.15, 0.2) is 0 Å². The highest BCUT2D eigenvalue weighted by atomic mass is 16.6. The van der Waals surface area contributed by atoms with Gasteiger partial charge in [0, 0.05) is 20.3 Å². The van der Waals surface area contributed by atoms with E-state index in [0.29, 0.717) is 6.54 Å². The van der Waals surface area contributed by atoms with Crippen molar-refractivity contribution < 1.29 is 14.3 Å². The van der Waals surface area contributed by atoms with E-state index < -0.39 is 0 Å². The molecule has 0 aromatic heterocycles. The van der Waals surface area contributed by atoms with Crippen LogP contribution in [0.25, 0.3) is 0 Å². The van der Waals surface area contributed by atoms with Crippen molar-refractivity contribution in [2.75, 3.05) is 20.3 Å². The average molecular weight is 229 g/mol. The maximum atomic E-state index is 11.4. The molecule has 4 nitrogen and oxygen atoms in total. The molecule has 1 saturated carbocycles. The molecular formula is C12H23NO3. The van der Waals surface area contributed by atoms with Crippen LogP contribution in [0.1, 0.15) is 44.9 Å². The summed E-state index contributed by atoms with van der Waals surface area (Å²) in [6, 6.07) is 0. The topological polar surface area (TPSA) is 47.6 Å². The lowest BCUT2D eigenvalue weighted by molar-refractivity contribution is 0.0751. The molecular weight excluding hydrogens is 206 g/mol. The lowest BCUT2D eigenvalue weighted by Crippen LogP contribution is -2.30. The highest BCUT2D eigenvalue weighted by Gasteiger charge is 2.16. The van der Waals surface area contributed by atoms with Crippen LogP contribution in [0, 0.1) is 0 Å². The first-order valence-electron chi connectivity index (χ1n) is 6.26. The van der Waals surface area contributed by atoms with Crippen LogP contribution < -0.4 is 5.32 Å². The van der Waals surface area contributed by atoms with Gasteiger partial charge in [0.25, 0.3) is 0 Å². The summed E-state index contributed by atoms with van der Waals surface area (Å²) in [4.78, 5) is 11.4. The molecule has 1 rings (SSSR count). The van der Waals surface area contributed by atoms with Gasteiger partial charge in [-0.1, -0.05) is 6.42 Å². The van der Waals surface area contributed by atoms with E-state index >= 15 is 0 Å². The molecule has 16 heavy (non-hydrogen) atoms. The lowest BCUT2D eigenvalue weighted by atomic mass is 9.98. The normalized spacial score (nSPS) is 17.1. The van der Waals surface area contributed by atoms with Crippen LogP contribution in [0.5, 0.6) is 0 Å². The van der Waals surface area contributed by atoms with Crippen LogP contribution in [-0.2, 0) is 9.47 Å². The summed E-state index contributed by atoms with van der Waals surface area (Å²) < 4.78 is 10.2. The zero-order valence-corrected chi connectivity index (χ0v) is 10.2. The first-order chi connectivity index (χ1) is 7.83. The molecule has 0 unspecified atom stereocenters. The molecule has 0 aromatic rings. The second-order valence-electron chi connectivity index (χ2n) is 4.29. The van der Waals surface area contributed by atoms with Crippen molar-refractivity contribution in [3.63, 3.8) is 0 Å². The molecule has 1 aliphatic rings. The quantitative estimate of drug-likeness (QED) is 0.712. The van der Waals surface area contributed by atoms with E-state index in [-0.39, 0.29) is 12.2 Å². The van der Waals surface area contributed by atoms with Gasteiger partial charge in [0.1, 0.15) is 6.10 Å². The fourth-order valence-corrected chi connectivity index (χ4v) is 1.94. The van der Waals surface area contributed by atoms with Crippen LogP contribution in [0.2, 0.25) is 0 Å². The lowest BCUT2D eigenvalue weighted by Gasteiger charge is -2.21. The van der Waals surface area contributed by atoms with Gasteiger partial charge >= 0.3 is 6.09 Å². The first-order valence-corrected chi connectivity index (χ1v) is 6.26. The van der Waals surface area contributed by atoms with Crippen molar-refractivity contribution in [3.05, 3.63) is 0 Å². The summed E-state index contributed by atoms with van der Waals surface area (Å²) in [7, 11) is 1.69. The number of unbranched alkanes of at least 4 members (excludes halogenated alkanes) is 1. The largest absolute Gasteiger partial charge is 0.446 e. The van der Waals surface area contributed by atoms with E-state index in [0.717, 1.165) is 32.3 Å². The van der Waals surface area contributed by atoms with E-state index in [4.69, 9.17) is 9.47 Å². The van der Waals surface area contributed by atoms with E-state index in [1.54, 1.807) is 7.11 Å². The third-order valence-electron chi connectivity index (χ3n) is 2.87. The number of hydrogen-bond donors (Lipinski definition) is 1. The van der Waals surface area contributed by atoms with Crippen LogP contribution in [0.3, 0.4) is 0 Å². The zero-order valence-electron chi connectivity index (χ0n) is 10.2. The Morgan fingerprint density at radius 2 is 2.00 bits per heavy atom. The fraction of sp³-hybridized carbons (Fsp3) is 0.917. The van der Waals surface area contributed by atoms with Crippen LogP contribution in [-0.4, -0.2) is 32.5 Å². The highest BCUT2D eigenvalue weighted by Crippen LogP contribution is 2.20. The summed E-state index contributed by atoms with van der Waals surface area (Å²) in [6.45, 7) is 1.42. The van der Waals surface area contributed by atoms with Crippen LogP contribution in [0.4, 0.5) is 4.79 Å². The van der Waals surface area contributed by atoms with Gasteiger partial charge in [-0.05, 0) is 38.5 Å². The number of alkyl carbamates (subject to hydrolysis) is 1. The van der Waals surface area contributed by atoms with Crippen molar-refractivity contribution >= 4 is 6.09 Å². The van der Waals surface area contributed by atoms with Gasteiger partial charge in [-0.3, -0.25) is 0 Å². The van der Waals surface area contributed by atoms with Gasteiger partial charge in [-0.15, -0.1) is 0 Å². The van der Waals surface area contributed by atoms with Crippen molar-refractivity contribution in [2.45, 2.75) is 51.0 Å². The fourth-order valence-electron chi connectivity index (χ4n) is 1.94. The number of rotatable bonds is 6. The molecule has 0 heterocycles. The Hall–Kier alpha value is -0.770. The molecule has 0 saturated heterocycles. The smallest absolute Gasteiger partial charge is 0.407 e. The summed E-state index contributed by atoms with van der Waals surface area (Å²) in [6.07, 6.45) is 7.50. The molecule has 0 spiro atoms. The molecule has 1 fully saturated rings. The van der Waals surface area contributed by atoms with Crippen molar-refractivity contribution in [2.24, 2.45) is 0 Å². The third-order valence-corrected chi connectivity index (χ3v) is 2.87. The second-order valence-corrected chi connectivity index (χ2v) is 4.29. The Morgan fingerprint density at radius 1 is 1.25 bits per heavy atom. The molecule has 1 N–H and O–H groups in total. The SMILES string of the molecule is COCCCCNC(=O)OC1CCCCC1. The summed E-state index contributed by atoms with van der Waals surface area (Å²) in [5, 5.41) is 2.77. The van der Waals surface area contributed by atoms with E-state index in [9.17, 15) is 4.79 Å². The molecule has 4 heteroatoms. The average Bonchev–Trinajstić information content (AvgIpc) is 2.30. The van der Waals surface area contributed by atoms with E-state index in [1.165, 1.54) is 19.3 Å². The molecule has 1 aliphatic carbocycles. The zero-order chi connectivity index (χ0) is 11.6. The minimum absolute atomic E-state index is 0.146. The van der Waals surface area contributed by atoms with Gasteiger partial charge in [0.05, 0.1) is 0 Å². The number of amides is 1. The van der Waals surface area contributed by atoms with Gasteiger partial charge in [0.15, 0.2) is 0 Å². The van der Waals surface area contributed by atoms with Crippen LogP contribution >= 0.6 is 0 Å². The minimum atomic E-state index is -0.260. The predicted molar refractivity (Wildman–Crippen MR) is 62.5 cm³/mol. The number of carbonyl (C=O) groups excluding carboxylic acids is 1. The van der Waals surface area contributed by atoms with Crippen molar-refractivity contribution in [3.8, 4) is 0 Å². The van der Waals surface area contributed by atoms with E-state index in [1.807, 2.05) is 0 Å². The van der Waals surface area contributed by atoms with Gasteiger partial charge in [0.2, 0.25) is 0 Å². The third kappa shape index (κ3) is 5.95. The molecule has 0 bridgehead atoms. The predicted octanol–water partition coefficient (Wildman–Crippen LogP) is 2.47. The summed E-state index contributed by atoms with van der Waals surface area (Å²) in [5.74, 6) is 0. The Labute approximate surface area is 97.7 Å². The molecule has 0 atom stereocenters. The van der Waals surface area contributed by atoms with E-state index in [2.05, 4.69) is 5.32 Å². The standard InChI is InChI=1S/C12H23NO3/c1-15-10-6-5-9-13-12(14)16-11-7-3-2-4-8-11/h11H,2-10H2,1H3,(H,13,14). The molecule has 0 aromatic carbocycles. The maximum Gasteiger partial charge on any atom is 0.407 e. The minimum Gasteiger partial charge on any atom is -0.446 e. The monoisotopic (exact) mass is 229 g/mol. The second kappa shape index (κ2) is 8.39. The number of hydrogen-bond acceptors (Lipinski definition) is 3. The Morgan fingerprint density at radius 3 is 2.69 bits per heavy atom. The maximum absolute atomic E-state index is 11.4. The summed E-state index contributed by atoms with van der Waals surface area (Å²) >= 11 is 0. The molecule has 0 aliphatic heterocycles. The molecule has 94 valence electrons. The Bertz CT molecular complexity index is 191. The first kappa shape index (κ1) is 13.3. The number of methoxy groups -OCH3 is 1.